The lowest BCUT2D eigenvalue weighted by Gasteiger charge is -2.23. The van der Waals surface area contributed by atoms with Crippen LogP contribution in [0.1, 0.15) is 21.5 Å². The van der Waals surface area contributed by atoms with Crippen molar-refractivity contribution >= 4 is 11.6 Å². The van der Waals surface area contributed by atoms with Crippen LogP contribution < -0.4 is 4.90 Å². The summed E-state index contributed by atoms with van der Waals surface area (Å²) in [5.74, 6) is 1.55. The minimum Gasteiger partial charge on any atom is -0.304 e. The Morgan fingerprint density at radius 1 is 1.08 bits per heavy atom. The van der Waals surface area contributed by atoms with Crippen LogP contribution in [-0.4, -0.2) is 10.9 Å². The maximum absolute atomic E-state index is 13.4. The highest BCUT2D eigenvalue weighted by Crippen LogP contribution is 2.21. The molecule has 0 radical (unpaired) electrons. The summed E-state index contributed by atoms with van der Waals surface area (Å²) in [4.78, 5) is 18.1. The average Bonchev–Trinajstić information content (AvgIpc) is 2.66. The summed E-state index contributed by atoms with van der Waals surface area (Å²) in [5, 5.41) is 0. The number of carbonyl (C=O) groups excluding carboxylic acids is 1. The quantitative estimate of drug-likeness (QED) is 0.534. The van der Waals surface area contributed by atoms with Crippen molar-refractivity contribution in [3.8, 4) is 12.3 Å². The molecule has 0 atom stereocenters. The van der Waals surface area contributed by atoms with Gasteiger partial charge in [0.25, 0.3) is 5.91 Å². The molecule has 3 nitrogen and oxygen atoms in total. The van der Waals surface area contributed by atoms with Crippen molar-refractivity contribution in [1.82, 2.24) is 4.98 Å². The molecule has 0 aliphatic rings. The van der Waals surface area contributed by atoms with Gasteiger partial charge in [0.15, 0.2) is 0 Å². The Balaban J connectivity index is 2.02. The zero-order chi connectivity index (χ0) is 17.6. The molecule has 0 spiro atoms. The fourth-order valence-corrected chi connectivity index (χ4v) is 2.50. The summed E-state index contributed by atoms with van der Waals surface area (Å²) in [7, 11) is 0. The number of carbonyl (C=O) groups is 1. The molecule has 25 heavy (non-hydrogen) atoms. The minimum atomic E-state index is -0.692. The third-order valence-electron chi connectivity index (χ3n) is 3.73. The minimum absolute atomic E-state index is 0.231. The summed E-state index contributed by atoms with van der Waals surface area (Å²) in [6.45, 7) is 0.345. The van der Waals surface area contributed by atoms with Crippen LogP contribution in [0.2, 0.25) is 0 Å². The van der Waals surface area contributed by atoms with Gasteiger partial charge < -0.3 is 4.90 Å². The summed E-state index contributed by atoms with van der Waals surface area (Å²) < 4.78 is 13.4. The number of halogens is 1. The Hall–Kier alpha value is -3.45. The lowest BCUT2D eigenvalue weighted by atomic mass is 10.1. The number of anilines is 1. The monoisotopic (exact) mass is 330 g/mol. The van der Waals surface area contributed by atoms with Gasteiger partial charge in [-0.05, 0) is 29.8 Å². The molecular weight excluding hydrogens is 315 g/mol. The zero-order valence-electron chi connectivity index (χ0n) is 13.4. The lowest BCUT2D eigenvalue weighted by Crippen LogP contribution is -2.30. The summed E-state index contributed by atoms with van der Waals surface area (Å²) in [5.41, 5.74) is 2.51. The third kappa shape index (κ3) is 3.91. The largest absolute Gasteiger partial charge is 0.304 e. The van der Waals surface area contributed by atoms with Gasteiger partial charge in [0.2, 0.25) is 5.95 Å². The van der Waals surface area contributed by atoms with Crippen LogP contribution >= 0.6 is 0 Å². The lowest BCUT2D eigenvalue weighted by molar-refractivity contribution is 0.0984. The summed E-state index contributed by atoms with van der Waals surface area (Å²) in [6.07, 6.45) is 6.75. The number of benzene rings is 2. The van der Waals surface area contributed by atoms with Crippen molar-refractivity contribution < 1.29 is 9.18 Å². The molecule has 122 valence electrons. The van der Waals surface area contributed by atoms with Crippen molar-refractivity contribution in [2.45, 2.75) is 6.54 Å². The van der Waals surface area contributed by atoms with Crippen molar-refractivity contribution in [3.63, 3.8) is 0 Å². The van der Waals surface area contributed by atoms with Crippen LogP contribution in [0, 0.1) is 18.3 Å². The van der Waals surface area contributed by atoms with Crippen molar-refractivity contribution in [1.29, 1.82) is 0 Å². The summed E-state index contributed by atoms with van der Waals surface area (Å²) in [6, 6.07) is 19.4. The SMILES string of the molecule is C#Cc1cccc(N(Cc2ccccc2)C(=O)c2ccnc(F)c2)c1. The molecule has 0 aliphatic carbocycles. The first-order valence-corrected chi connectivity index (χ1v) is 7.71. The second kappa shape index (κ2) is 7.41. The predicted octanol–water partition coefficient (Wildman–Crippen LogP) is 4.05. The molecule has 4 heteroatoms. The maximum atomic E-state index is 13.4. The number of nitrogens with zero attached hydrogens (tertiary/aromatic N) is 2. The molecule has 1 aromatic heterocycles. The van der Waals surface area contributed by atoms with E-state index in [0.717, 1.165) is 11.6 Å². The Morgan fingerprint density at radius 2 is 1.88 bits per heavy atom. The number of amides is 1. The van der Waals surface area contributed by atoms with Crippen LogP contribution in [0.3, 0.4) is 0 Å². The number of pyridine rings is 1. The highest BCUT2D eigenvalue weighted by atomic mass is 19.1. The number of hydrogen-bond donors (Lipinski definition) is 0. The molecule has 0 aliphatic heterocycles. The molecule has 0 N–H and O–H groups in total. The van der Waals surface area contributed by atoms with Gasteiger partial charge in [0.05, 0.1) is 6.54 Å². The third-order valence-corrected chi connectivity index (χ3v) is 3.73. The van der Waals surface area contributed by atoms with Gasteiger partial charge in [-0.15, -0.1) is 6.42 Å². The van der Waals surface area contributed by atoms with Crippen molar-refractivity contribution in [2.24, 2.45) is 0 Å². The molecule has 0 bridgehead atoms. The molecule has 0 unspecified atom stereocenters. The molecular formula is C21H15FN2O. The van der Waals surface area contributed by atoms with E-state index in [0.29, 0.717) is 17.8 Å². The highest BCUT2D eigenvalue weighted by molar-refractivity contribution is 6.06. The fourth-order valence-electron chi connectivity index (χ4n) is 2.50. The van der Waals surface area contributed by atoms with E-state index in [1.807, 2.05) is 30.3 Å². The Bertz CT molecular complexity index is 932. The molecule has 3 rings (SSSR count). The number of hydrogen-bond acceptors (Lipinski definition) is 2. The van der Waals surface area contributed by atoms with Gasteiger partial charge >= 0.3 is 0 Å². The second-order valence-corrected chi connectivity index (χ2v) is 5.44. The van der Waals surface area contributed by atoms with Crippen LogP contribution in [0.15, 0.2) is 72.9 Å². The van der Waals surface area contributed by atoms with Gasteiger partial charge in [0, 0.05) is 29.1 Å². The van der Waals surface area contributed by atoms with E-state index in [-0.39, 0.29) is 11.5 Å². The molecule has 0 fully saturated rings. The number of terminal acetylenes is 1. The van der Waals surface area contributed by atoms with Crippen LogP contribution in [0.25, 0.3) is 0 Å². The van der Waals surface area contributed by atoms with Gasteiger partial charge in [-0.2, -0.15) is 4.39 Å². The molecule has 3 aromatic rings. The smallest absolute Gasteiger partial charge is 0.258 e. The van der Waals surface area contributed by atoms with E-state index in [1.165, 1.54) is 12.3 Å². The van der Waals surface area contributed by atoms with Crippen molar-refractivity contribution in [3.05, 3.63) is 95.6 Å². The van der Waals surface area contributed by atoms with Crippen molar-refractivity contribution in [2.75, 3.05) is 4.90 Å². The summed E-state index contributed by atoms with van der Waals surface area (Å²) >= 11 is 0. The number of aromatic nitrogens is 1. The molecule has 0 saturated heterocycles. The first-order valence-electron chi connectivity index (χ1n) is 7.71. The van der Waals surface area contributed by atoms with E-state index >= 15 is 0 Å². The normalized spacial score (nSPS) is 10.1. The Morgan fingerprint density at radius 3 is 2.60 bits per heavy atom. The van der Waals surface area contributed by atoms with Gasteiger partial charge in [-0.25, -0.2) is 4.98 Å². The first kappa shape index (κ1) is 16.4. The fraction of sp³-hybridized carbons (Fsp3) is 0.0476. The molecule has 0 saturated carbocycles. The van der Waals surface area contributed by atoms with E-state index < -0.39 is 5.95 Å². The standard InChI is InChI=1S/C21H15FN2O/c1-2-16-9-6-10-19(13-16)24(15-17-7-4-3-5-8-17)21(25)18-11-12-23-20(22)14-18/h1,3-14H,15H2. The highest BCUT2D eigenvalue weighted by Gasteiger charge is 2.19. The number of rotatable bonds is 4. The molecule has 2 aromatic carbocycles. The van der Waals surface area contributed by atoms with Gasteiger partial charge in [-0.3, -0.25) is 4.79 Å². The van der Waals surface area contributed by atoms with Gasteiger partial charge in [0.1, 0.15) is 0 Å². The maximum Gasteiger partial charge on any atom is 0.258 e. The van der Waals surface area contributed by atoms with Crippen LogP contribution in [0.5, 0.6) is 0 Å². The van der Waals surface area contributed by atoms with E-state index in [1.54, 1.807) is 29.2 Å². The molecule has 1 amide bonds. The first-order chi connectivity index (χ1) is 12.2. The van der Waals surface area contributed by atoms with E-state index in [2.05, 4.69) is 10.9 Å². The molecule has 1 heterocycles. The predicted molar refractivity (Wildman–Crippen MR) is 95.5 cm³/mol. The Labute approximate surface area is 145 Å². The Kier molecular flexibility index (Phi) is 4.87. The van der Waals surface area contributed by atoms with Gasteiger partial charge in [-0.1, -0.05) is 42.3 Å². The zero-order valence-corrected chi connectivity index (χ0v) is 13.4. The second-order valence-electron chi connectivity index (χ2n) is 5.44. The average molecular weight is 330 g/mol. The van der Waals surface area contributed by atoms with Crippen LogP contribution in [-0.2, 0) is 6.54 Å². The van der Waals surface area contributed by atoms with Crippen LogP contribution in [0.4, 0.5) is 10.1 Å². The topological polar surface area (TPSA) is 33.2 Å². The van der Waals surface area contributed by atoms with E-state index in [9.17, 15) is 9.18 Å². The van der Waals surface area contributed by atoms with E-state index in [4.69, 9.17) is 6.42 Å².